The van der Waals surface area contributed by atoms with Crippen molar-refractivity contribution in [1.82, 2.24) is 0 Å². The van der Waals surface area contributed by atoms with Gasteiger partial charge in [0, 0.05) is 28.7 Å². The molecule has 1 aromatic carbocycles. The van der Waals surface area contributed by atoms with Gasteiger partial charge in [-0.25, -0.2) is 0 Å². The number of allylic oxidation sites excluding steroid dienone is 4. The summed E-state index contributed by atoms with van der Waals surface area (Å²) in [4.78, 5) is 49.1. The number of hydrogen-bond acceptors (Lipinski definition) is 5. The van der Waals surface area contributed by atoms with Crippen LogP contribution in [0.4, 0.5) is 0 Å². The molecule has 0 heterocycles. The van der Waals surface area contributed by atoms with Crippen LogP contribution in [0.3, 0.4) is 0 Å². The Kier molecular flexibility index (Phi) is 4.03. The predicted octanol–water partition coefficient (Wildman–Crippen LogP) is 2.83. The largest absolute Gasteiger partial charge is 0.508 e. The highest BCUT2D eigenvalue weighted by Crippen LogP contribution is 2.46. The molecule has 0 bridgehead atoms. The number of rotatable bonds is 4. The highest BCUT2D eigenvalue weighted by molar-refractivity contribution is 6.29. The van der Waals surface area contributed by atoms with E-state index in [4.69, 9.17) is 0 Å². The Labute approximate surface area is 145 Å². The van der Waals surface area contributed by atoms with E-state index in [9.17, 15) is 24.3 Å². The van der Waals surface area contributed by atoms with Crippen LogP contribution in [0.1, 0.15) is 47.4 Å². The molecular weight excluding hydrogens is 320 g/mol. The lowest BCUT2D eigenvalue weighted by molar-refractivity contribution is -0.119. The minimum atomic E-state index is -1.19. The minimum Gasteiger partial charge on any atom is -0.508 e. The molecule has 1 unspecified atom stereocenters. The number of Topliss-reactive ketones (excluding diaryl/α,β-unsaturated/α-hetero) is 3. The van der Waals surface area contributed by atoms with Crippen molar-refractivity contribution < 1.29 is 24.3 Å². The lowest BCUT2D eigenvalue weighted by atomic mass is 9.62. The topological polar surface area (TPSA) is 88.5 Å². The molecular formula is C20H18O5. The first-order chi connectivity index (χ1) is 11.8. The van der Waals surface area contributed by atoms with Crippen LogP contribution in [0.25, 0.3) is 0 Å². The Morgan fingerprint density at radius 2 is 1.96 bits per heavy atom. The van der Waals surface area contributed by atoms with Gasteiger partial charge in [-0.3, -0.25) is 9.59 Å². The van der Waals surface area contributed by atoms with E-state index in [2.05, 4.69) is 0 Å². The lowest BCUT2D eigenvalue weighted by Gasteiger charge is -2.38. The van der Waals surface area contributed by atoms with Crippen molar-refractivity contribution in [3.8, 4) is 5.75 Å². The van der Waals surface area contributed by atoms with Crippen molar-refractivity contribution >= 4 is 23.6 Å². The van der Waals surface area contributed by atoms with Gasteiger partial charge in [-0.15, -0.1) is 0 Å². The van der Waals surface area contributed by atoms with Gasteiger partial charge in [0.2, 0.25) is 0 Å². The normalized spacial score (nSPS) is 24.8. The van der Waals surface area contributed by atoms with Crippen LogP contribution in [0.2, 0.25) is 0 Å². The summed E-state index contributed by atoms with van der Waals surface area (Å²) >= 11 is 0. The molecule has 0 saturated carbocycles. The monoisotopic (exact) mass is 338 g/mol. The van der Waals surface area contributed by atoms with Gasteiger partial charge in [0.05, 0.1) is 5.41 Å². The molecule has 5 heteroatoms. The summed E-state index contributed by atoms with van der Waals surface area (Å²) in [5, 5.41) is 9.67. The maximum Gasteiger partial charge on any atom is 0.194 e. The summed E-state index contributed by atoms with van der Waals surface area (Å²) in [6.45, 7) is 3.10. The molecule has 2 aliphatic rings. The van der Waals surface area contributed by atoms with Crippen LogP contribution in [-0.2, 0) is 9.59 Å². The fraction of sp³-hybridized carbons (Fsp3) is 0.300. The second-order valence-electron chi connectivity index (χ2n) is 6.78. The number of hydrogen-bond donors (Lipinski definition) is 1. The van der Waals surface area contributed by atoms with Crippen molar-refractivity contribution in [2.75, 3.05) is 0 Å². The first-order valence-corrected chi connectivity index (χ1v) is 8.10. The van der Waals surface area contributed by atoms with Gasteiger partial charge in [0.1, 0.15) is 17.8 Å². The van der Waals surface area contributed by atoms with Crippen molar-refractivity contribution in [3.05, 3.63) is 52.6 Å². The summed E-state index contributed by atoms with van der Waals surface area (Å²) in [7, 11) is 0. The summed E-state index contributed by atoms with van der Waals surface area (Å²) in [5.74, 6) is -1.21. The van der Waals surface area contributed by atoms with E-state index in [-0.39, 0.29) is 45.5 Å². The summed E-state index contributed by atoms with van der Waals surface area (Å²) < 4.78 is 0. The zero-order chi connectivity index (χ0) is 18.4. The number of carbonyl (C=O) groups excluding carboxylic acids is 4. The smallest absolute Gasteiger partial charge is 0.194 e. The molecule has 0 aromatic heterocycles. The van der Waals surface area contributed by atoms with Crippen molar-refractivity contribution in [1.29, 1.82) is 0 Å². The second-order valence-corrected chi connectivity index (χ2v) is 6.78. The molecule has 0 radical (unpaired) electrons. The predicted molar refractivity (Wildman–Crippen MR) is 90.5 cm³/mol. The van der Waals surface area contributed by atoms with Gasteiger partial charge in [0.15, 0.2) is 11.6 Å². The molecule has 0 aliphatic heterocycles. The fourth-order valence-corrected chi connectivity index (χ4v) is 3.63. The Morgan fingerprint density at radius 1 is 1.24 bits per heavy atom. The van der Waals surface area contributed by atoms with Gasteiger partial charge in [-0.05, 0) is 44.4 Å². The third-order valence-corrected chi connectivity index (χ3v) is 5.09. The van der Waals surface area contributed by atoms with Crippen molar-refractivity contribution in [2.24, 2.45) is 11.3 Å². The van der Waals surface area contributed by atoms with Crippen LogP contribution in [0.15, 0.2) is 41.5 Å². The van der Waals surface area contributed by atoms with E-state index in [1.165, 1.54) is 25.1 Å². The third kappa shape index (κ3) is 2.56. The van der Waals surface area contributed by atoms with E-state index in [0.717, 1.165) is 0 Å². The molecule has 0 amide bonds. The van der Waals surface area contributed by atoms with E-state index < -0.39 is 11.2 Å². The number of aromatic hydroxyl groups is 1. The number of carbonyl (C=O) groups is 4. The first-order valence-electron chi connectivity index (χ1n) is 8.10. The Hall–Kier alpha value is -2.82. The molecule has 5 nitrogen and oxygen atoms in total. The second kappa shape index (κ2) is 5.92. The number of phenolic OH excluding ortho intramolecular Hbond substituents is 1. The van der Waals surface area contributed by atoms with Crippen LogP contribution >= 0.6 is 0 Å². The van der Waals surface area contributed by atoms with E-state index in [1.807, 2.05) is 0 Å². The van der Waals surface area contributed by atoms with Crippen molar-refractivity contribution in [3.63, 3.8) is 0 Å². The minimum absolute atomic E-state index is 0.00254. The van der Waals surface area contributed by atoms with Gasteiger partial charge >= 0.3 is 0 Å². The maximum atomic E-state index is 13.0. The number of ketones is 3. The summed E-state index contributed by atoms with van der Waals surface area (Å²) in [6.07, 6.45) is 4.73. The van der Waals surface area contributed by atoms with Gasteiger partial charge in [0.25, 0.3) is 0 Å². The third-order valence-electron chi connectivity index (χ3n) is 5.09. The lowest BCUT2D eigenvalue weighted by Crippen LogP contribution is -2.40. The fourth-order valence-electron chi connectivity index (χ4n) is 3.63. The number of fused-ring (bicyclic) bond motifs is 1. The standard InChI is InChI=1S/C20H18O5/c1-11(22)3-4-12-5-7-15-17(20(12,2)10-21)19(25)16-9-13(23)6-8-14(16)18(15)24/h5-10,12,23H,3-4H2,1-2H3/t12-,20?/m0/s1. The molecule has 2 aliphatic carbocycles. The maximum absolute atomic E-state index is 13.0. The highest BCUT2D eigenvalue weighted by atomic mass is 16.3. The quantitative estimate of drug-likeness (QED) is 0.853. The van der Waals surface area contributed by atoms with Gasteiger partial charge < -0.3 is 14.7 Å². The zero-order valence-electron chi connectivity index (χ0n) is 14.0. The SMILES string of the molecule is CC(=O)CC[C@H]1C=CC2=C(C(=O)c3cc(O)ccc3C2=O)C1(C)C=O. The number of benzene rings is 1. The van der Waals surface area contributed by atoms with Crippen molar-refractivity contribution in [2.45, 2.75) is 26.7 Å². The summed E-state index contributed by atoms with van der Waals surface area (Å²) in [5.41, 5.74) is -0.479. The molecule has 25 heavy (non-hydrogen) atoms. The molecule has 2 atom stereocenters. The van der Waals surface area contributed by atoms with Gasteiger partial charge in [-0.2, -0.15) is 0 Å². The highest BCUT2D eigenvalue weighted by Gasteiger charge is 2.47. The van der Waals surface area contributed by atoms with E-state index in [1.54, 1.807) is 19.1 Å². The number of phenols is 1. The molecule has 1 aromatic rings. The molecule has 0 spiro atoms. The summed E-state index contributed by atoms with van der Waals surface area (Å²) in [6, 6.07) is 4.03. The molecule has 0 fully saturated rings. The average molecular weight is 338 g/mol. The Morgan fingerprint density at radius 3 is 2.60 bits per heavy atom. The molecule has 3 rings (SSSR count). The van der Waals surface area contributed by atoms with Crippen LogP contribution < -0.4 is 0 Å². The number of aldehydes is 1. The Balaban J connectivity index is 2.13. The van der Waals surface area contributed by atoms with Crippen LogP contribution in [0, 0.1) is 11.3 Å². The average Bonchev–Trinajstić information content (AvgIpc) is 2.58. The molecule has 0 saturated heterocycles. The molecule has 1 N–H and O–H groups in total. The van der Waals surface area contributed by atoms with Crippen LogP contribution in [-0.4, -0.2) is 28.7 Å². The first kappa shape index (κ1) is 17.0. The van der Waals surface area contributed by atoms with E-state index in [0.29, 0.717) is 19.1 Å². The Bertz CT molecular complexity index is 874. The van der Waals surface area contributed by atoms with Gasteiger partial charge in [-0.1, -0.05) is 12.2 Å². The molecule has 128 valence electrons. The van der Waals surface area contributed by atoms with Crippen LogP contribution in [0.5, 0.6) is 5.75 Å². The zero-order valence-corrected chi connectivity index (χ0v) is 14.0. The van der Waals surface area contributed by atoms with E-state index >= 15 is 0 Å².